The zero-order chi connectivity index (χ0) is 15.5. The van der Waals surface area contributed by atoms with Crippen LogP contribution in [0.4, 0.5) is 5.69 Å². The first-order valence-corrected chi connectivity index (χ1v) is 8.35. The number of aryl methyl sites for hydroxylation is 2. The molecule has 0 atom stereocenters. The topological polar surface area (TPSA) is 90.0 Å². The third kappa shape index (κ3) is 3.43. The molecular formula is C14H20N4O2S. The highest BCUT2D eigenvalue weighted by molar-refractivity contribution is 7.92. The van der Waals surface area contributed by atoms with Gasteiger partial charge in [-0.25, -0.2) is 8.42 Å². The summed E-state index contributed by atoms with van der Waals surface area (Å²) in [6.45, 7) is 4.95. The highest BCUT2D eigenvalue weighted by atomic mass is 32.2. The van der Waals surface area contributed by atoms with Gasteiger partial charge in [0, 0.05) is 19.3 Å². The van der Waals surface area contributed by atoms with Gasteiger partial charge in [-0.15, -0.1) is 0 Å². The van der Waals surface area contributed by atoms with Crippen molar-refractivity contribution in [3.63, 3.8) is 0 Å². The average Bonchev–Trinajstić information content (AvgIpc) is 2.93. The zero-order valence-corrected chi connectivity index (χ0v) is 13.0. The number of nitrogens with two attached hydrogens (primary N) is 1. The standard InChI is InChI=1S/C14H20N4O2S/c1-3-11-5-6-14(7-12(11)8-15)21(19,20)17-13-9-16-18(4-2)10-13/h5-7,9-10,17H,3-4,8,15H2,1-2H3. The Balaban J connectivity index is 2.30. The van der Waals surface area contributed by atoms with Gasteiger partial charge in [0.15, 0.2) is 0 Å². The van der Waals surface area contributed by atoms with Crippen molar-refractivity contribution in [3.8, 4) is 0 Å². The molecule has 6 nitrogen and oxygen atoms in total. The van der Waals surface area contributed by atoms with E-state index in [2.05, 4.69) is 9.82 Å². The van der Waals surface area contributed by atoms with Crippen molar-refractivity contribution >= 4 is 15.7 Å². The molecule has 7 heteroatoms. The van der Waals surface area contributed by atoms with Crippen molar-refractivity contribution in [2.75, 3.05) is 4.72 Å². The van der Waals surface area contributed by atoms with Crippen LogP contribution in [0.15, 0.2) is 35.5 Å². The van der Waals surface area contributed by atoms with Crippen LogP contribution in [0.2, 0.25) is 0 Å². The van der Waals surface area contributed by atoms with E-state index in [0.29, 0.717) is 18.8 Å². The van der Waals surface area contributed by atoms with Gasteiger partial charge in [0.2, 0.25) is 0 Å². The Hall–Kier alpha value is -1.86. The summed E-state index contributed by atoms with van der Waals surface area (Å²) in [7, 11) is -3.62. The smallest absolute Gasteiger partial charge is 0.262 e. The Kier molecular flexibility index (Phi) is 4.64. The molecule has 0 amide bonds. The van der Waals surface area contributed by atoms with Crippen molar-refractivity contribution < 1.29 is 8.42 Å². The number of hydrogen-bond donors (Lipinski definition) is 2. The minimum atomic E-state index is -3.62. The molecule has 0 aliphatic carbocycles. The number of hydrogen-bond acceptors (Lipinski definition) is 4. The van der Waals surface area contributed by atoms with E-state index in [-0.39, 0.29) is 4.90 Å². The van der Waals surface area contributed by atoms with E-state index in [4.69, 9.17) is 5.73 Å². The van der Waals surface area contributed by atoms with Crippen LogP contribution < -0.4 is 10.5 Å². The Morgan fingerprint density at radius 1 is 1.29 bits per heavy atom. The lowest BCUT2D eigenvalue weighted by atomic mass is 10.1. The zero-order valence-electron chi connectivity index (χ0n) is 12.2. The van der Waals surface area contributed by atoms with E-state index in [0.717, 1.165) is 17.5 Å². The quantitative estimate of drug-likeness (QED) is 0.850. The number of sulfonamides is 1. The van der Waals surface area contributed by atoms with Crippen molar-refractivity contribution in [3.05, 3.63) is 41.7 Å². The van der Waals surface area contributed by atoms with Crippen LogP contribution in [0.3, 0.4) is 0 Å². The molecule has 21 heavy (non-hydrogen) atoms. The number of rotatable bonds is 6. The summed E-state index contributed by atoms with van der Waals surface area (Å²) in [6.07, 6.45) is 3.97. The fourth-order valence-corrected chi connectivity index (χ4v) is 3.19. The van der Waals surface area contributed by atoms with Crippen molar-refractivity contribution in [1.29, 1.82) is 0 Å². The van der Waals surface area contributed by atoms with Crippen molar-refractivity contribution in [2.24, 2.45) is 5.73 Å². The molecule has 0 spiro atoms. The largest absolute Gasteiger partial charge is 0.326 e. The molecule has 0 fully saturated rings. The Labute approximate surface area is 125 Å². The number of aromatic nitrogens is 2. The molecule has 2 aromatic rings. The summed E-state index contributed by atoms with van der Waals surface area (Å²) in [4.78, 5) is 0.212. The molecule has 0 aliphatic rings. The van der Waals surface area contributed by atoms with Gasteiger partial charge in [0.25, 0.3) is 10.0 Å². The maximum atomic E-state index is 12.4. The lowest BCUT2D eigenvalue weighted by Gasteiger charge is -2.10. The lowest BCUT2D eigenvalue weighted by molar-refractivity contribution is 0.601. The van der Waals surface area contributed by atoms with E-state index in [1.54, 1.807) is 23.0 Å². The number of nitrogens with one attached hydrogen (secondary N) is 1. The molecule has 0 bridgehead atoms. The molecular weight excluding hydrogens is 288 g/mol. The Bertz CT molecular complexity index is 722. The molecule has 3 N–H and O–H groups in total. The molecule has 1 aromatic carbocycles. The lowest BCUT2D eigenvalue weighted by Crippen LogP contribution is -2.14. The summed E-state index contributed by atoms with van der Waals surface area (Å²) in [6, 6.07) is 5.04. The molecule has 1 aromatic heterocycles. The minimum absolute atomic E-state index is 0.212. The third-order valence-electron chi connectivity index (χ3n) is 3.30. The van der Waals surface area contributed by atoms with Gasteiger partial charge >= 0.3 is 0 Å². The van der Waals surface area contributed by atoms with E-state index >= 15 is 0 Å². The normalized spacial score (nSPS) is 11.6. The van der Waals surface area contributed by atoms with E-state index in [1.807, 2.05) is 19.9 Å². The summed E-state index contributed by atoms with van der Waals surface area (Å²) < 4.78 is 28.9. The van der Waals surface area contributed by atoms with Crippen LogP contribution in [0.5, 0.6) is 0 Å². The van der Waals surface area contributed by atoms with Crippen molar-refractivity contribution in [2.45, 2.75) is 38.3 Å². The third-order valence-corrected chi connectivity index (χ3v) is 4.68. The molecule has 0 saturated heterocycles. The first-order valence-electron chi connectivity index (χ1n) is 6.87. The number of anilines is 1. The van der Waals surface area contributed by atoms with Crippen LogP contribution in [-0.2, 0) is 29.5 Å². The maximum Gasteiger partial charge on any atom is 0.262 e. The monoisotopic (exact) mass is 308 g/mol. The summed E-state index contributed by atoms with van der Waals surface area (Å²) in [5, 5.41) is 4.04. The molecule has 0 unspecified atom stereocenters. The van der Waals surface area contributed by atoms with E-state index < -0.39 is 10.0 Å². The van der Waals surface area contributed by atoms with Crippen LogP contribution in [-0.4, -0.2) is 18.2 Å². The fraction of sp³-hybridized carbons (Fsp3) is 0.357. The van der Waals surface area contributed by atoms with Gasteiger partial charge in [0.05, 0.1) is 16.8 Å². The molecule has 0 aliphatic heterocycles. The predicted octanol–water partition coefficient (Wildman–Crippen LogP) is 1.72. The van der Waals surface area contributed by atoms with Gasteiger partial charge in [-0.2, -0.15) is 5.10 Å². The highest BCUT2D eigenvalue weighted by Crippen LogP contribution is 2.19. The van der Waals surface area contributed by atoms with E-state index in [1.165, 1.54) is 6.20 Å². The second-order valence-corrected chi connectivity index (χ2v) is 6.36. The average molecular weight is 308 g/mol. The van der Waals surface area contributed by atoms with Gasteiger partial charge in [-0.3, -0.25) is 9.40 Å². The van der Waals surface area contributed by atoms with Crippen LogP contribution in [0.25, 0.3) is 0 Å². The van der Waals surface area contributed by atoms with Gasteiger partial charge in [0.1, 0.15) is 0 Å². The molecule has 0 saturated carbocycles. The van der Waals surface area contributed by atoms with Crippen LogP contribution in [0, 0.1) is 0 Å². The van der Waals surface area contributed by atoms with Gasteiger partial charge in [-0.1, -0.05) is 13.0 Å². The first kappa shape index (κ1) is 15.5. The minimum Gasteiger partial charge on any atom is -0.326 e. The number of nitrogens with zero attached hydrogens (tertiary/aromatic N) is 2. The second kappa shape index (κ2) is 6.28. The van der Waals surface area contributed by atoms with Crippen LogP contribution in [0.1, 0.15) is 25.0 Å². The Morgan fingerprint density at radius 3 is 2.62 bits per heavy atom. The summed E-state index contributed by atoms with van der Waals surface area (Å²) in [5.74, 6) is 0. The molecule has 1 heterocycles. The predicted molar refractivity (Wildman–Crippen MR) is 82.4 cm³/mol. The highest BCUT2D eigenvalue weighted by Gasteiger charge is 2.16. The summed E-state index contributed by atoms with van der Waals surface area (Å²) >= 11 is 0. The first-order chi connectivity index (χ1) is 10.00. The maximum absolute atomic E-state index is 12.4. The molecule has 114 valence electrons. The number of benzene rings is 1. The SMILES string of the molecule is CCc1ccc(S(=O)(=O)Nc2cnn(CC)c2)cc1CN. The molecule has 2 rings (SSSR count). The molecule has 0 radical (unpaired) electrons. The Morgan fingerprint density at radius 2 is 2.05 bits per heavy atom. The fourth-order valence-electron chi connectivity index (χ4n) is 2.11. The summed E-state index contributed by atoms with van der Waals surface area (Å²) in [5.41, 5.74) is 8.05. The van der Waals surface area contributed by atoms with Gasteiger partial charge in [-0.05, 0) is 36.6 Å². The van der Waals surface area contributed by atoms with Crippen molar-refractivity contribution in [1.82, 2.24) is 9.78 Å². The van der Waals surface area contributed by atoms with E-state index in [9.17, 15) is 8.42 Å². The second-order valence-electron chi connectivity index (χ2n) is 4.68. The van der Waals surface area contributed by atoms with Crippen LogP contribution >= 0.6 is 0 Å². The van der Waals surface area contributed by atoms with Gasteiger partial charge < -0.3 is 5.73 Å².